The Kier molecular flexibility index (Phi) is 4.07. The molecule has 2 rings (SSSR count). The smallest absolute Gasteiger partial charge is 0.175 e. The van der Waals surface area contributed by atoms with Crippen LogP contribution in [-0.4, -0.2) is 19.7 Å². The summed E-state index contributed by atoms with van der Waals surface area (Å²) in [6.45, 7) is 0.529. The average molecular weight is 297 g/mol. The van der Waals surface area contributed by atoms with Crippen molar-refractivity contribution in [3.8, 4) is 0 Å². The Morgan fingerprint density at radius 2 is 1.89 bits per heavy atom. The van der Waals surface area contributed by atoms with Crippen LogP contribution in [0.15, 0.2) is 47.5 Å². The van der Waals surface area contributed by atoms with Crippen LogP contribution in [0.25, 0.3) is 0 Å². The normalized spacial score (nSPS) is 11.3. The van der Waals surface area contributed by atoms with Crippen LogP contribution in [0, 0.1) is 0 Å². The second-order valence-electron chi connectivity index (χ2n) is 4.10. The standard InChI is InChI=1S/C13H13ClN2O2S/c1-19(17,18)11-6-4-10(5-7-11)9-16-13-12(14)3-2-8-15-13/h2-8H,9H2,1H3,(H,15,16). The van der Waals surface area contributed by atoms with Crippen LogP contribution in [-0.2, 0) is 16.4 Å². The van der Waals surface area contributed by atoms with Crippen LogP contribution in [0.5, 0.6) is 0 Å². The van der Waals surface area contributed by atoms with Crippen molar-refractivity contribution in [3.05, 3.63) is 53.2 Å². The summed E-state index contributed by atoms with van der Waals surface area (Å²) in [5.41, 5.74) is 0.953. The fourth-order valence-electron chi connectivity index (χ4n) is 1.56. The molecular formula is C13H13ClN2O2S. The van der Waals surface area contributed by atoms with Crippen molar-refractivity contribution in [2.45, 2.75) is 11.4 Å². The molecule has 0 aliphatic heterocycles. The van der Waals surface area contributed by atoms with Crippen molar-refractivity contribution < 1.29 is 8.42 Å². The maximum absolute atomic E-state index is 11.3. The molecule has 2 aromatic rings. The lowest BCUT2D eigenvalue weighted by molar-refractivity contribution is 0.602. The van der Waals surface area contributed by atoms with Crippen LogP contribution >= 0.6 is 11.6 Å². The first-order valence-electron chi connectivity index (χ1n) is 5.60. The zero-order chi connectivity index (χ0) is 13.9. The molecule has 0 aliphatic rings. The molecule has 0 saturated heterocycles. The molecule has 6 heteroatoms. The van der Waals surface area contributed by atoms with E-state index in [1.165, 1.54) is 6.26 Å². The van der Waals surface area contributed by atoms with E-state index >= 15 is 0 Å². The fourth-order valence-corrected chi connectivity index (χ4v) is 2.37. The van der Waals surface area contributed by atoms with Gasteiger partial charge in [-0.25, -0.2) is 13.4 Å². The van der Waals surface area contributed by atoms with Crippen molar-refractivity contribution in [1.29, 1.82) is 0 Å². The summed E-state index contributed by atoms with van der Waals surface area (Å²) in [7, 11) is -3.15. The number of halogens is 1. The molecule has 0 aliphatic carbocycles. The molecule has 0 atom stereocenters. The topological polar surface area (TPSA) is 59.1 Å². The second kappa shape index (κ2) is 5.59. The highest BCUT2D eigenvalue weighted by atomic mass is 35.5. The van der Waals surface area contributed by atoms with Gasteiger partial charge in [0, 0.05) is 19.0 Å². The SMILES string of the molecule is CS(=O)(=O)c1ccc(CNc2ncccc2Cl)cc1. The van der Waals surface area contributed by atoms with Gasteiger partial charge in [-0.1, -0.05) is 23.7 Å². The number of pyridine rings is 1. The van der Waals surface area contributed by atoms with E-state index in [2.05, 4.69) is 10.3 Å². The van der Waals surface area contributed by atoms with Crippen LogP contribution in [0.3, 0.4) is 0 Å². The molecule has 1 N–H and O–H groups in total. The van der Waals surface area contributed by atoms with Gasteiger partial charge in [0.15, 0.2) is 9.84 Å². The van der Waals surface area contributed by atoms with Crippen molar-refractivity contribution in [2.75, 3.05) is 11.6 Å². The summed E-state index contributed by atoms with van der Waals surface area (Å²) in [6, 6.07) is 10.2. The lowest BCUT2D eigenvalue weighted by atomic mass is 10.2. The molecule has 4 nitrogen and oxygen atoms in total. The molecule has 0 amide bonds. The third kappa shape index (κ3) is 3.68. The number of rotatable bonds is 4. The lowest BCUT2D eigenvalue weighted by Crippen LogP contribution is -2.02. The molecular weight excluding hydrogens is 284 g/mol. The first kappa shape index (κ1) is 13.8. The van der Waals surface area contributed by atoms with E-state index in [-0.39, 0.29) is 0 Å². The van der Waals surface area contributed by atoms with Gasteiger partial charge in [-0.15, -0.1) is 0 Å². The van der Waals surface area contributed by atoms with E-state index in [1.54, 1.807) is 42.6 Å². The van der Waals surface area contributed by atoms with Crippen molar-refractivity contribution in [2.24, 2.45) is 0 Å². The van der Waals surface area contributed by atoms with Crippen LogP contribution in [0.1, 0.15) is 5.56 Å². The first-order chi connectivity index (χ1) is 8.97. The molecule has 0 fully saturated rings. The van der Waals surface area contributed by atoms with Gasteiger partial charge in [0.25, 0.3) is 0 Å². The van der Waals surface area contributed by atoms with Gasteiger partial charge in [0.1, 0.15) is 5.82 Å². The highest BCUT2D eigenvalue weighted by molar-refractivity contribution is 7.90. The average Bonchev–Trinajstić information content (AvgIpc) is 2.37. The third-order valence-corrected chi connectivity index (χ3v) is 4.00. The molecule has 1 heterocycles. The second-order valence-corrected chi connectivity index (χ2v) is 6.53. The third-order valence-electron chi connectivity index (χ3n) is 2.57. The molecule has 1 aromatic heterocycles. The monoisotopic (exact) mass is 296 g/mol. The molecule has 0 bridgehead atoms. The van der Waals surface area contributed by atoms with Gasteiger partial charge >= 0.3 is 0 Å². The first-order valence-corrected chi connectivity index (χ1v) is 7.87. The van der Waals surface area contributed by atoms with Crippen molar-refractivity contribution >= 4 is 27.3 Å². The number of nitrogens with one attached hydrogen (secondary N) is 1. The zero-order valence-electron chi connectivity index (χ0n) is 10.3. The van der Waals surface area contributed by atoms with E-state index in [4.69, 9.17) is 11.6 Å². The van der Waals surface area contributed by atoms with E-state index in [1.807, 2.05) is 0 Å². The minimum atomic E-state index is -3.15. The molecule has 0 spiro atoms. The Balaban J connectivity index is 2.07. The predicted molar refractivity (Wildman–Crippen MR) is 76.1 cm³/mol. The van der Waals surface area contributed by atoms with Gasteiger partial charge in [-0.3, -0.25) is 0 Å². The van der Waals surface area contributed by atoms with E-state index in [9.17, 15) is 8.42 Å². The minimum absolute atomic E-state index is 0.312. The Labute approximate surface area is 117 Å². The van der Waals surface area contributed by atoms with Gasteiger partial charge < -0.3 is 5.32 Å². The summed E-state index contributed by atoms with van der Waals surface area (Å²) >= 11 is 5.97. The maximum atomic E-state index is 11.3. The Bertz CT molecular complexity index is 669. The Morgan fingerprint density at radius 1 is 1.21 bits per heavy atom. The van der Waals surface area contributed by atoms with Gasteiger partial charge in [-0.05, 0) is 29.8 Å². The predicted octanol–water partition coefficient (Wildman–Crippen LogP) is 2.75. The summed E-state index contributed by atoms with van der Waals surface area (Å²) in [5, 5.41) is 3.65. The minimum Gasteiger partial charge on any atom is -0.365 e. The van der Waals surface area contributed by atoms with Gasteiger partial charge in [-0.2, -0.15) is 0 Å². The largest absolute Gasteiger partial charge is 0.365 e. The highest BCUT2D eigenvalue weighted by Crippen LogP contribution is 2.18. The molecule has 19 heavy (non-hydrogen) atoms. The van der Waals surface area contributed by atoms with Crippen LogP contribution < -0.4 is 5.32 Å². The molecule has 0 radical (unpaired) electrons. The number of nitrogens with zero attached hydrogens (tertiary/aromatic N) is 1. The maximum Gasteiger partial charge on any atom is 0.175 e. The molecule has 100 valence electrons. The molecule has 1 aromatic carbocycles. The summed E-state index contributed by atoms with van der Waals surface area (Å²) in [6.07, 6.45) is 2.84. The number of anilines is 1. The van der Waals surface area contributed by atoms with Crippen LogP contribution in [0.4, 0.5) is 5.82 Å². The number of hydrogen-bond acceptors (Lipinski definition) is 4. The Hall–Kier alpha value is -1.59. The summed E-state index contributed by atoms with van der Waals surface area (Å²) in [4.78, 5) is 4.42. The van der Waals surface area contributed by atoms with Crippen LogP contribution in [0.2, 0.25) is 5.02 Å². The van der Waals surface area contributed by atoms with Crippen molar-refractivity contribution in [1.82, 2.24) is 4.98 Å². The number of benzene rings is 1. The molecule has 0 unspecified atom stereocenters. The van der Waals surface area contributed by atoms with Gasteiger partial charge in [0.05, 0.1) is 9.92 Å². The van der Waals surface area contributed by atoms with Gasteiger partial charge in [0.2, 0.25) is 0 Å². The summed E-state index contributed by atoms with van der Waals surface area (Å²) < 4.78 is 22.7. The molecule has 0 saturated carbocycles. The highest BCUT2D eigenvalue weighted by Gasteiger charge is 2.06. The van der Waals surface area contributed by atoms with Crippen molar-refractivity contribution in [3.63, 3.8) is 0 Å². The lowest BCUT2D eigenvalue weighted by Gasteiger charge is -2.07. The van der Waals surface area contributed by atoms with E-state index < -0.39 is 9.84 Å². The summed E-state index contributed by atoms with van der Waals surface area (Å²) in [5.74, 6) is 0.608. The number of aromatic nitrogens is 1. The number of sulfone groups is 1. The quantitative estimate of drug-likeness (QED) is 0.942. The van der Waals surface area contributed by atoms with E-state index in [0.29, 0.717) is 22.3 Å². The zero-order valence-corrected chi connectivity index (χ0v) is 11.9. The number of hydrogen-bond donors (Lipinski definition) is 1. The van der Waals surface area contributed by atoms with E-state index in [0.717, 1.165) is 5.56 Å². The fraction of sp³-hybridized carbons (Fsp3) is 0.154. The Morgan fingerprint density at radius 3 is 2.47 bits per heavy atom.